The molecule has 2 aromatic rings. The Bertz CT molecular complexity index is 584. The fourth-order valence-electron chi connectivity index (χ4n) is 2.02. The number of carbonyl (C=O) groups excluding carboxylic acids is 1. The van der Waals surface area contributed by atoms with Gasteiger partial charge in [0.25, 0.3) is 0 Å². The molecule has 0 radical (unpaired) electrons. The van der Waals surface area contributed by atoms with Gasteiger partial charge in [0, 0.05) is 28.2 Å². The van der Waals surface area contributed by atoms with E-state index < -0.39 is 0 Å². The molecule has 0 aliphatic rings. The number of anilines is 1. The highest BCUT2D eigenvalue weighted by atomic mass is 35.5. The minimum absolute atomic E-state index is 0. The van der Waals surface area contributed by atoms with E-state index in [1.54, 1.807) is 11.8 Å². The van der Waals surface area contributed by atoms with Gasteiger partial charge in [0.15, 0.2) is 0 Å². The first-order chi connectivity index (χ1) is 10.1. The highest BCUT2D eigenvalue weighted by Gasteiger charge is 2.19. The summed E-state index contributed by atoms with van der Waals surface area (Å²) in [5, 5.41) is 0.143. The van der Waals surface area contributed by atoms with Crippen LogP contribution in [0.1, 0.15) is 31.1 Å². The van der Waals surface area contributed by atoms with Gasteiger partial charge in [0.05, 0.1) is 0 Å². The van der Waals surface area contributed by atoms with E-state index >= 15 is 0 Å². The maximum Gasteiger partial charge on any atom is 0.136 e. The molecule has 0 aliphatic carbocycles. The summed E-state index contributed by atoms with van der Waals surface area (Å²) in [7, 11) is 0. The van der Waals surface area contributed by atoms with Crippen molar-refractivity contribution in [3.05, 3.63) is 60.2 Å². The molecule has 0 amide bonds. The summed E-state index contributed by atoms with van der Waals surface area (Å²) in [4.78, 5) is 13.3. The van der Waals surface area contributed by atoms with E-state index in [1.807, 2.05) is 56.3 Å². The van der Waals surface area contributed by atoms with Crippen molar-refractivity contribution in [2.45, 2.75) is 30.4 Å². The van der Waals surface area contributed by atoms with Crippen LogP contribution in [-0.2, 0) is 4.79 Å². The van der Waals surface area contributed by atoms with E-state index in [2.05, 4.69) is 12.1 Å². The van der Waals surface area contributed by atoms with E-state index in [9.17, 15) is 4.79 Å². The first-order valence-corrected chi connectivity index (χ1v) is 8.04. The second-order valence-corrected chi connectivity index (χ2v) is 6.69. The van der Waals surface area contributed by atoms with Gasteiger partial charge in [-0.2, -0.15) is 0 Å². The molecule has 118 valence electrons. The molecule has 0 saturated carbocycles. The molecule has 0 bridgehead atoms. The number of nitrogens with two attached hydrogens (primary N) is 1. The SMILES string of the molecule is CC(C)C(=O)CC(Sc1ccc(N)cc1)c1ccccc1.Cl. The average Bonchev–Trinajstić information content (AvgIpc) is 2.49. The number of hydrogen-bond acceptors (Lipinski definition) is 3. The van der Waals surface area contributed by atoms with Gasteiger partial charge in [-0.25, -0.2) is 0 Å². The number of halogens is 1. The molecular weight excluding hydrogens is 314 g/mol. The number of ketones is 1. The molecule has 1 atom stereocenters. The molecule has 0 spiro atoms. The molecular formula is C18H22ClNOS. The lowest BCUT2D eigenvalue weighted by molar-refractivity contribution is -0.121. The van der Waals surface area contributed by atoms with Gasteiger partial charge in [-0.15, -0.1) is 24.2 Å². The fourth-order valence-corrected chi connectivity index (χ4v) is 3.19. The van der Waals surface area contributed by atoms with Gasteiger partial charge >= 0.3 is 0 Å². The number of hydrogen-bond donors (Lipinski definition) is 1. The molecule has 2 rings (SSSR count). The number of nitrogen functional groups attached to an aromatic ring is 1. The molecule has 2 N–H and O–H groups in total. The van der Waals surface area contributed by atoms with Crippen molar-refractivity contribution in [1.82, 2.24) is 0 Å². The van der Waals surface area contributed by atoms with Crippen LogP contribution in [0.3, 0.4) is 0 Å². The van der Waals surface area contributed by atoms with Crippen molar-refractivity contribution in [2.24, 2.45) is 5.92 Å². The van der Waals surface area contributed by atoms with Crippen LogP contribution in [-0.4, -0.2) is 5.78 Å². The zero-order chi connectivity index (χ0) is 15.2. The molecule has 0 fully saturated rings. The number of carbonyl (C=O) groups is 1. The second kappa shape index (κ2) is 8.86. The van der Waals surface area contributed by atoms with Gasteiger partial charge in [-0.1, -0.05) is 44.2 Å². The van der Waals surface area contributed by atoms with Crippen molar-refractivity contribution in [2.75, 3.05) is 5.73 Å². The quantitative estimate of drug-likeness (QED) is 0.587. The van der Waals surface area contributed by atoms with Crippen LogP contribution in [0.15, 0.2) is 59.5 Å². The third kappa shape index (κ3) is 5.39. The minimum atomic E-state index is 0. The van der Waals surface area contributed by atoms with Gasteiger partial charge < -0.3 is 5.73 Å². The summed E-state index contributed by atoms with van der Waals surface area (Å²) < 4.78 is 0. The summed E-state index contributed by atoms with van der Waals surface area (Å²) in [6.45, 7) is 3.91. The van der Waals surface area contributed by atoms with Crippen molar-refractivity contribution in [3.8, 4) is 0 Å². The molecule has 4 heteroatoms. The van der Waals surface area contributed by atoms with Crippen LogP contribution in [0, 0.1) is 5.92 Å². The zero-order valence-electron chi connectivity index (χ0n) is 12.9. The van der Waals surface area contributed by atoms with Crippen LogP contribution in [0.2, 0.25) is 0 Å². The Morgan fingerprint density at radius 1 is 1.05 bits per heavy atom. The third-order valence-electron chi connectivity index (χ3n) is 3.36. The third-order valence-corrected chi connectivity index (χ3v) is 4.63. The Labute approximate surface area is 142 Å². The molecule has 0 saturated heterocycles. The predicted molar refractivity (Wildman–Crippen MR) is 97.6 cm³/mol. The lowest BCUT2D eigenvalue weighted by Gasteiger charge is -2.17. The zero-order valence-corrected chi connectivity index (χ0v) is 14.5. The van der Waals surface area contributed by atoms with Crippen LogP contribution in [0.4, 0.5) is 5.69 Å². The lowest BCUT2D eigenvalue weighted by Crippen LogP contribution is -2.10. The number of rotatable bonds is 6. The summed E-state index contributed by atoms with van der Waals surface area (Å²) in [6, 6.07) is 18.0. The number of benzene rings is 2. The van der Waals surface area contributed by atoms with E-state index in [0.717, 1.165) is 10.6 Å². The first-order valence-electron chi connectivity index (χ1n) is 7.16. The van der Waals surface area contributed by atoms with Crippen LogP contribution >= 0.6 is 24.2 Å². The monoisotopic (exact) mass is 335 g/mol. The molecule has 0 heterocycles. The summed E-state index contributed by atoms with van der Waals surface area (Å²) in [5.41, 5.74) is 7.67. The second-order valence-electron chi connectivity index (χ2n) is 5.41. The van der Waals surface area contributed by atoms with E-state index in [0.29, 0.717) is 12.2 Å². The summed E-state index contributed by atoms with van der Waals surface area (Å²) in [5.74, 6) is 0.370. The Kier molecular flexibility index (Phi) is 7.49. The van der Waals surface area contributed by atoms with Crippen molar-refractivity contribution in [1.29, 1.82) is 0 Å². The Morgan fingerprint density at radius 2 is 1.64 bits per heavy atom. The van der Waals surface area contributed by atoms with Crippen LogP contribution in [0.25, 0.3) is 0 Å². The fraction of sp³-hybridized carbons (Fsp3) is 0.278. The summed E-state index contributed by atoms with van der Waals surface area (Å²) >= 11 is 1.72. The highest BCUT2D eigenvalue weighted by Crippen LogP contribution is 2.38. The smallest absolute Gasteiger partial charge is 0.136 e. The van der Waals surface area contributed by atoms with Gasteiger partial charge in [-0.3, -0.25) is 4.79 Å². The molecule has 0 aliphatic heterocycles. The molecule has 0 aromatic heterocycles. The Hall–Kier alpha value is -1.45. The van der Waals surface area contributed by atoms with Crippen molar-refractivity contribution in [3.63, 3.8) is 0 Å². The highest BCUT2D eigenvalue weighted by molar-refractivity contribution is 7.99. The summed E-state index contributed by atoms with van der Waals surface area (Å²) in [6.07, 6.45) is 0.552. The number of Topliss-reactive ketones (excluding diaryl/α,β-unsaturated/α-hetero) is 1. The molecule has 22 heavy (non-hydrogen) atoms. The van der Waals surface area contributed by atoms with Crippen molar-refractivity contribution < 1.29 is 4.79 Å². The largest absolute Gasteiger partial charge is 0.399 e. The topological polar surface area (TPSA) is 43.1 Å². The molecule has 1 unspecified atom stereocenters. The van der Waals surface area contributed by atoms with E-state index in [-0.39, 0.29) is 23.6 Å². The lowest BCUT2D eigenvalue weighted by atomic mass is 10.0. The molecule has 2 nitrogen and oxygen atoms in total. The van der Waals surface area contributed by atoms with Crippen LogP contribution in [0.5, 0.6) is 0 Å². The van der Waals surface area contributed by atoms with Crippen molar-refractivity contribution >= 4 is 35.6 Å². The number of thioether (sulfide) groups is 1. The first kappa shape index (κ1) is 18.6. The van der Waals surface area contributed by atoms with Gasteiger partial charge in [0.1, 0.15) is 5.78 Å². The van der Waals surface area contributed by atoms with Gasteiger partial charge in [0.2, 0.25) is 0 Å². The average molecular weight is 336 g/mol. The maximum atomic E-state index is 12.1. The minimum Gasteiger partial charge on any atom is -0.399 e. The van der Waals surface area contributed by atoms with E-state index in [4.69, 9.17) is 5.73 Å². The Balaban J connectivity index is 0.00000242. The Morgan fingerprint density at radius 3 is 2.18 bits per heavy atom. The normalized spacial score (nSPS) is 11.8. The standard InChI is InChI=1S/C18H21NOS.ClH/c1-13(2)17(20)12-18(14-6-4-3-5-7-14)21-16-10-8-15(19)9-11-16;/h3-11,13,18H,12,19H2,1-2H3;1H. The van der Waals surface area contributed by atoms with Gasteiger partial charge in [-0.05, 0) is 29.8 Å². The predicted octanol–water partition coefficient (Wildman–Crippen LogP) is 5.14. The molecule has 2 aromatic carbocycles. The van der Waals surface area contributed by atoms with Crippen LogP contribution < -0.4 is 5.73 Å². The maximum absolute atomic E-state index is 12.1. The van der Waals surface area contributed by atoms with E-state index in [1.165, 1.54) is 5.56 Å².